The van der Waals surface area contributed by atoms with Crippen molar-refractivity contribution in [3.05, 3.63) is 35.6 Å². The molecule has 1 aromatic carbocycles. The largest absolute Gasteiger partial charge is 0.339 e. The van der Waals surface area contributed by atoms with E-state index in [0.717, 1.165) is 5.56 Å². The molecule has 1 atom stereocenters. The number of rotatable bonds is 4. The summed E-state index contributed by atoms with van der Waals surface area (Å²) < 4.78 is 12.9. The lowest BCUT2D eigenvalue weighted by atomic mass is 10.1. The first kappa shape index (κ1) is 17.2. The molecule has 0 saturated carbocycles. The first-order valence-corrected chi connectivity index (χ1v) is 7.96. The number of piperazine rings is 1. The van der Waals surface area contributed by atoms with Gasteiger partial charge >= 0.3 is 6.03 Å². The van der Waals surface area contributed by atoms with Gasteiger partial charge in [0.2, 0.25) is 5.91 Å². The summed E-state index contributed by atoms with van der Waals surface area (Å²) in [6.45, 7) is 8.01. The highest BCUT2D eigenvalue weighted by Gasteiger charge is 2.34. The van der Waals surface area contributed by atoms with Crippen LogP contribution < -0.4 is 5.32 Å². The van der Waals surface area contributed by atoms with E-state index in [1.165, 1.54) is 12.1 Å². The Morgan fingerprint density at radius 2 is 1.96 bits per heavy atom. The van der Waals surface area contributed by atoms with Crippen LogP contribution in [0.5, 0.6) is 0 Å². The van der Waals surface area contributed by atoms with Gasteiger partial charge in [-0.25, -0.2) is 9.18 Å². The molecular formula is C17H24FN3O2. The SMILES string of the molecule is CC(C)CN1CCN(C(=O)NCc2ccc(F)cc2)[C@H](C)C1=O. The number of carbonyl (C=O) groups is 2. The summed E-state index contributed by atoms with van der Waals surface area (Å²) >= 11 is 0. The van der Waals surface area contributed by atoms with Gasteiger partial charge in [0.1, 0.15) is 11.9 Å². The van der Waals surface area contributed by atoms with E-state index in [0.29, 0.717) is 32.1 Å². The average Bonchev–Trinajstić information content (AvgIpc) is 2.51. The zero-order valence-corrected chi connectivity index (χ0v) is 13.9. The molecule has 0 radical (unpaired) electrons. The Kier molecular flexibility index (Phi) is 5.58. The molecule has 0 bridgehead atoms. The van der Waals surface area contributed by atoms with E-state index >= 15 is 0 Å². The number of hydrogen-bond acceptors (Lipinski definition) is 2. The molecule has 1 aromatic rings. The second-order valence-electron chi connectivity index (χ2n) is 6.33. The molecule has 0 unspecified atom stereocenters. The maximum Gasteiger partial charge on any atom is 0.318 e. The Morgan fingerprint density at radius 1 is 1.30 bits per heavy atom. The number of nitrogens with zero attached hydrogens (tertiary/aromatic N) is 2. The van der Waals surface area contributed by atoms with Gasteiger partial charge in [-0.05, 0) is 30.5 Å². The fourth-order valence-corrected chi connectivity index (χ4v) is 2.71. The van der Waals surface area contributed by atoms with E-state index in [-0.39, 0.29) is 17.8 Å². The summed E-state index contributed by atoms with van der Waals surface area (Å²) in [5.74, 6) is 0.0902. The summed E-state index contributed by atoms with van der Waals surface area (Å²) in [5.41, 5.74) is 0.817. The first-order chi connectivity index (χ1) is 10.9. The topological polar surface area (TPSA) is 52.6 Å². The Morgan fingerprint density at radius 3 is 2.57 bits per heavy atom. The van der Waals surface area contributed by atoms with E-state index < -0.39 is 6.04 Å². The van der Waals surface area contributed by atoms with Crippen LogP contribution in [0.25, 0.3) is 0 Å². The van der Waals surface area contributed by atoms with Crippen LogP contribution in [0.1, 0.15) is 26.3 Å². The Balaban J connectivity index is 1.90. The molecule has 3 amide bonds. The van der Waals surface area contributed by atoms with Gasteiger partial charge in [-0.2, -0.15) is 0 Å². The van der Waals surface area contributed by atoms with Gasteiger partial charge in [0.25, 0.3) is 0 Å². The van der Waals surface area contributed by atoms with E-state index in [4.69, 9.17) is 0 Å². The van der Waals surface area contributed by atoms with E-state index in [9.17, 15) is 14.0 Å². The number of nitrogens with one attached hydrogen (secondary N) is 1. The van der Waals surface area contributed by atoms with Gasteiger partial charge in [0.05, 0.1) is 0 Å². The average molecular weight is 321 g/mol. The van der Waals surface area contributed by atoms with Crippen LogP contribution >= 0.6 is 0 Å². The van der Waals surface area contributed by atoms with Gasteiger partial charge in [-0.15, -0.1) is 0 Å². The van der Waals surface area contributed by atoms with Crippen LogP contribution in [0.3, 0.4) is 0 Å². The molecule has 126 valence electrons. The summed E-state index contributed by atoms with van der Waals surface area (Å²) in [5, 5.41) is 2.79. The molecule has 2 rings (SSSR count). The zero-order chi connectivity index (χ0) is 17.0. The second kappa shape index (κ2) is 7.44. The molecule has 1 heterocycles. The molecular weight excluding hydrogens is 297 g/mol. The number of urea groups is 1. The standard InChI is InChI=1S/C17H24FN3O2/c1-12(2)11-20-8-9-21(13(3)16(20)22)17(23)19-10-14-4-6-15(18)7-5-14/h4-7,12-13H,8-11H2,1-3H3,(H,19,23)/t13-/m1/s1. The molecule has 23 heavy (non-hydrogen) atoms. The summed E-state index contributed by atoms with van der Waals surface area (Å²) in [4.78, 5) is 28.0. The molecule has 1 aliphatic heterocycles. The Bertz CT molecular complexity index is 559. The molecule has 1 saturated heterocycles. The van der Waals surface area contributed by atoms with Gasteiger partial charge in [0, 0.05) is 26.2 Å². The molecule has 6 heteroatoms. The number of halogens is 1. The maximum absolute atomic E-state index is 12.9. The van der Waals surface area contributed by atoms with Crippen molar-refractivity contribution in [1.29, 1.82) is 0 Å². The summed E-state index contributed by atoms with van der Waals surface area (Å²) in [6, 6.07) is 5.25. The molecule has 5 nitrogen and oxygen atoms in total. The van der Waals surface area contributed by atoms with Crippen LogP contribution in [0.4, 0.5) is 9.18 Å². The van der Waals surface area contributed by atoms with Crippen LogP contribution in [0, 0.1) is 11.7 Å². The van der Waals surface area contributed by atoms with Crippen LogP contribution in [-0.4, -0.2) is 47.4 Å². The molecule has 1 aliphatic rings. The van der Waals surface area contributed by atoms with E-state index in [1.807, 2.05) is 4.90 Å². The number of benzene rings is 1. The number of carbonyl (C=O) groups excluding carboxylic acids is 2. The second-order valence-corrected chi connectivity index (χ2v) is 6.33. The maximum atomic E-state index is 12.9. The monoisotopic (exact) mass is 321 g/mol. The Hall–Kier alpha value is -2.11. The van der Waals surface area contributed by atoms with Gasteiger partial charge in [-0.1, -0.05) is 26.0 Å². The molecule has 1 fully saturated rings. The lowest BCUT2D eigenvalue weighted by Crippen LogP contribution is -2.59. The third-order valence-corrected chi connectivity index (χ3v) is 3.95. The van der Waals surface area contributed by atoms with Crippen molar-refractivity contribution in [2.24, 2.45) is 5.92 Å². The smallest absolute Gasteiger partial charge is 0.318 e. The van der Waals surface area contributed by atoms with E-state index in [2.05, 4.69) is 19.2 Å². The highest BCUT2D eigenvalue weighted by Crippen LogP contribution is 2.13. The van der Waals surface area contributed by atoms with Crippen LogP contribution in [0.2, 0.25) is 0 Å². The van der Waals surface area contributed by atoms with Gasteiger partial charge < -0.3 is 15.1 Å². The first-order valence-electron chi connectivity index (χ1n) is 7.96. The lowest BCUT2D eigenvalue weighted by molar-refractivity contribution is -0.139. The van der Waals surface area contributed by atoms with Crippen molar-refractivity contribution in [1.82, 2.24) is 15.1 Å². The molecule has 0 aromatic heterocycles. The van der Waals surface area contributed by atoms with Crippen molar-refractivity contribution in [3.8, 4) is 0 Å². The Labute approximate surface area is 136 Å². The minimum atomic E-state index is -0.462. The quantitative estimate of drug-likeness (QED) is 0.924. The van der Waals surface area contributed by atoms with Crippen molar-refractivity contribution >= 4 is 11.9 Å². The normalized spacial score (nSPS) is 18.5. The zero-order valence-electron chi connectivity index (χ0n) is 13.9. The van der Waals surface area contributed by atoms with Crippen LogP contribution in [0.15, 0.2) is 24.3 Å². The van der Waals surface area contributed by atoms with Crippen molar-refractivity contribution in [2.45, 2.75) is 33.4 Å². The molecule has 0 aliphatic carbocycles. The third-order valence-electron chi connectivity index (χ3n) is 3.95. The highest BCUT2D eigenvalue weighted by atomic mass is 19.1. The lowest BCUT2D eigenvalue weighted by Gasteiger charge is -2.39. The van der Waals surface area contributed by atoms with E-state index in [1.54, 1.807) is 24.0 Å². The van der Waals surface area contributed by atoms with Crippen molar-refractivity contribution in [3.63, 3.8) is 0 Å². The number of amides is 3. The summed E-state index contributed by atoms with van der Waals surface area (Å²) in [6.07, 6.45) is 0. The predicted molar refractivity (Wildman–Crippen MR) is 86.2 cm³/mol. The van der Waals surface area contributed by atoms with Crippen LogP contribution in [-0.2, 0) is 11.3 Å². The summed E-state index contributed by atoms with van der Waals surface area (Å²) in [7, 11) is 0. The minimum absolute atomic E-state index is 0.0121. The van der Waals surface area contributed by atoms with Crippen molar-refractivity contribution in [2.75, 3.05) is 19.6 Å². The van der Waals surface area contributed by atoms with Gasteiger partial charge in [-0.3, -0.25) is 4.79 Å². The number of hydrogen-bond donors (Lipinski definition) is 1. The fraction of sp³-hybridized carbons (Fsp3) is 0.529. The predicted octanol–water partition coefficient (Wildman–Crippen LogP) is 2.22. The molecule has 1 N–H and O–H groups in total. The third kappa shape index (κ3) is 4.43. The fourth-order valence-electron chi connectivity index (χ4n) is 2.71. The minimum Gasteiger partial charge on any atom is -0.339 e. The highest BCUT2D eigenvalue weighted by molar-refractivity contribution is 5.88. The molecule has 0 spiro atoms. The van der Waals surface area contributed by atoms with Gasteiger partial charge in [0.15, 0.2) is 0 Å². The van der Waals surface area contributed by atoms with Crippen molar-refractivity contribution < 1.29 is 14.0 Å².